The van der Waals surface area contributed by atoms with Crippen LogP contribution in [0.2, 0.25) is 5.02 Å². The highest BCUT2D eigenvalue weighted by Gasteiger charge is 2.23. The standard InChI is InChI=1S/C20H15ClF3N3O/c21-13-4-1-11(2-5-13)19-25-16-10-27(8-7-14(16)20(28)26-19)9-12-3-6-15(22)18(24)17(12)23/h1-6H,7-10H2,(H,25,26,28). The molecular weight excluding hydrogens is 391 g/mol. The summed E-state index contributed by atoms with van der Waals surface area (Å²) in [6, 6.07) is 9.05. The van der Waals surface area contributed by atoms with Crippen molar-refractivity contribution < 1.29 is 13.2 Å². The number of nitrogens with one attached hydrogen (secondary N) is 1. The van der Waals surface area contributed by atoms with Crippen LogP contribution in [0.3, 0.4) is 0 Å². The van der Waals surface area contributed by atoms with Gasteiger partial charge in [0.25, 0.3) is 5.56 Å². The first-order valence-electron chi connectivity index (χ1n) is 8.65. The summed E-state index contributed by atoms with van der Waals surface area (Å²) in [4.78, 5) is 21.6. The van der Waals surface area contributed by atoms with Gasteiger partial charge in [-0.2, -0.15) is 0 Å². The van der Waals surface area contributed by atoms with Crippen LogP contribution in [-0.4, -0.2) is 21.4 Å². The topological polar surface area (TPSA) is 49.0 Å². The molecule has 0 saturated carbocycles. The molecular formula is C20H15ClF3N3O. The minimum absolute atomic E-state index is 0.0603. The van der Waals surface area contributed by atoms with Crippen LogP contribution in [0.15, 0.2) is 41.2 Å². The third kappa shape index (κ3) is 3.55. The quantitative estimate of drug-likeness (QED) is 0.668. The molecule has 0 fully saturated rings. The Morgan fingerprint density at radius 1 is 1.07 bits per heavy atom. The smallest absolute Gasteiger partial charge is 0.254 e. The minimum Gasteiger partial charge on any atom is -0.306 e. The van der Waals surface area contributed by atoms with Crippen molar-refractivity contribution in [1.29, 1.82) is 0 Å². The fourth-order valence-corrected chi connectivity index (χ4v) is 3.43. The van der Waals surface area contributed by atoms with Crippen LogP contribution in [0.25, 0.3) is 11.4 Å². The number of rotatable bonds is 3. The zero-order valence-electron chi connectivity index (χ0n) is 14.6. The van der Waals surface area contributed by atoms with Crippen LogP contribution in [-0.2, 0) is 19.5 Å². The Hall–Kier alpha value is -2.64. The summed E-state index contributed by atoms with van der Waals surface area (Å²) in [6.07, 6.45) is 0.434. The number of halogens is 4. The molecule has 0 atom stereocenters. The van der Waals surface area contributed by atoms with Crippen LogP contribution in [0.5, 0.6) is 0 Å². The molecule has 2 heterocycles. The molecule has 0 radical (unpaired) electrons. The Morgan fingerprint density at radius 3 is 2.57 bits per heavy atom. The third-order valence-electron chi connectivity index (χ3n) is 4.78. The van der Waals surface area contributed by atoms with Crippen LogP contribution in [0, 0.1) is 17.5 Å². The Balaban J connectivity index is 1.62. The van der Waals surface area contributed by atoms with E-state index < -0.39 is 17.5 Å². The SMILES string of the molecule is O=c1[nH]c(-c2ccc(Cl)cc2)nc2c1CCN(Cc1ccc(F)c(F)c1F)C2. The van der Waals surface area contributed by atoms with E-state index in [2.05, 4.69) is 9.97 Å². The van der Waals surface area contributed by atoms with Crippen molar-refractivity contribution in [3.63, 3.8) is 0 Å². The molecule has 0 aliphatic carbocycles. The largest absolute Gasteiger partial charge is 0.306 e. The van der Waals surface area contributed by atoms with Gasteiger partial charge in [0.15, 0.2) is 17.5 Å². The van der Waals surface area contributed by atoms with E-state index in [9.17, 15) is 18.0 Å². The lowest BCUT2D eigenvalue weighted by molar-refractivity contribution is 0.236. The molecule has 0 amide bonds. The van der Waals surface area contributed by atoms with Crippen molar-refractivity contribution >= 4 is 11.6 Å². The molecule has 0 saturated heterocycles. The van der Waals surface area contributed by atoms with Crippen LogP contribution < -0.4 is 5.56 Å². The fourth-order valence-electron chi connectivity index (χ4n) is 3.30. The highest BCUT2D eigenvalue weighted by atomic mass is 35.5. The Labute approximate surface area is 163 Å². The molecule has 0 bridgehead atoms. The average Bonchev–Trinajstić information content (AvgIpc) is 2.69. The normalized spacial score (nSPS) is 14.1. The van der Waals surface area contributed by atoms with Crippen molar-refractivity contribution in [3.05, 3.63) is 86.0 Å². The van der Waals surface area contributed by atoms with Gasteiger partial charge < -0.3 is 4.98 Å². The summed E-state index contributed by atoms with van der Waals surface area (Å²) >= 11 is 5.90. The first-order valence-corrected chi connectivity index (χ1v) is 9.03. The van der Waals surface area contributed by atoms with Gasteiger partial charge in [0.1, 0.15) is 5.82 Å². The number of nitrogens with zero attached hydrogens (tertiary/aromatic N) is 2. The van der Waals surface area contributed by atoms with E-state index in [1.807, 2.05) is 4.90 Å². The Morgan fingerprint density at radius 2 is 1.82 bits per heavy atom. The van der Waals surface area contributed by atoms with Crippen molar-refractivity contribution in [1.82, 2.24) is 14.9 Å². The van der Waals surface area contributed by atoms with E-state index >= 15 is 0 Å². The second kappa shape index (κ2) is 7.41. The number of hydrogen-bond donors (Lipinski definition) is 1. The summed E-state index contributed by atoms with van der Waals surface area (Å²) < 4.78 is 40.6. The number of aromatic amines is 1. The number of hydrogen-bond acceptors (Lipinski definition) is 3. The van der Waals surface area contributed by atoms with Gasteiger partial charge in [0.2, 0.25) is 0 Å². The first kappa shape index (κ1) is 18.7. The molecule has 144 valence electrons. The number of benzene rings is 2. The maximum absolute atomic E-state index is 14.0. The Kier molecular flexibility index (Phi) is 4.95. The molecule has 0 spiro atoms. The van der Waals surface area contributed by atoms with Gasteiger partial charge in [-0.25, -0.2) is 18.2 Å². The predicted octanol–water partition coefficient (Wildman–Crippen LogP) is 4.07. The number of H-pyrrole nitrogens is 1. The third-order valence-corrected chi connectivity index (χ3v) is 5.03. The van der Waals surface area contributed by atoms with Gasteiger partial charge in [-0.05, 0) is 36.8 Å². The van der Waals surface area contributed by atoms with Crippen molar-refractivity contribution in [2.75, 3.05) is 6.54 Å². The van der Waals surface area contributed by atoms with Gasteiger partial charge in [-0.15, -0.1) is 0 Å². The fraction of sp³-hybridized carbons (Fsp3) is 0.200. The van der Waals surface area contributed by atoms with E-state index in [1.54, 1.807) is 24.3 Å². The maximum Gasteiger partial charge on any atom is 0.254 e. The summed E-state index contributed by atoms with van der Waals surface area (Å²) in [5, 5.41) is 0.573. The van der Waals surface area contributed by atoms with E-state index in [0.717, 1.165) is 6.07 Å². The molecule has 3 aromatic rings. The lowest BCUT2D eigenvalue weighted by atomic mass is 10.0. The van der Waals surface area contributed by atoms with Crippen LogP contribution >= 0.6 is 11.6 Å². The molecule has 1 aromatic heterocycles. The van der Waals surface area contributed by atoms with Gasteiger partial charge in [-0.3, -0.25) is 9.69 Å². The zero-order valence-corrected chi connectivity index (χ0v) is 15.4. The second-order valence-electron chi connectivity index (χ2n) is 6.64. The van der Waals surface area contributed by atoms with Crippen molar-refractivity contribution in [3.8, 4) is 11.4 Å². The van der Waals surface area contributed by atoms with E-state index in [1.165, 1.54) is 6.07 Å². The highest BCUT2D eigenvalue weighted by Crippen LogP contribution is 2.23. The molecule has 0 unspecified atom stereocenters. The zero-order chi connectivity index (χ0) is 19.8. The minimum atomic E-state index is -1.48. The Bertz CT molecular complexity index is 1100. The molecule has 8 heteroatoms. The lowest BCUT2D eigenvalue weighted by Gasteiger charge is -2.28. The van der Waals surface area contributed by atoms with E-state index in [-0.39, 0.29) is 17.7 Å². The summed E-state index contributed by atoms with van der Waals surface area (Å²) in [5.74, 6) is -3.46. The molecule has 4 nitrogen and oxygen atoms in total. The molecule has 4 rings (SSSR count). The summed E-state index contributed by atoms with van der Waals surface area (Å²) in [7, 11) is 0. The van der Waals surface area contributed by atoms with Gasteiger partial charge in [0, 0.05) is 41.3 Å². The summed E-state index contributed by atoms with van der Waals surface area (Å²) in [5.41, 5.74) is 1.73. The molecule has 1 N–H and O–H groups in total. The van der Waals surface area contributed by atoms with Gasteiger partial charge in [-0.1, -0.05) is 17.7 Å². The van der Waals surface area contributed by atoms with Gasteiger partial charge in [0.05, 0.1) is 5.69 Å². The first-order chi connectivity index (χ1) is 13.4. The predicted molar refractivity (Wildman–Crippen MR) is 99.4 cm³/mol. The second-order valence-corrected chi connectivity index (χ2v) is 7.08. The summed E-state index contributed by atoms with van der Waals surface area (Å²) in [6.45, 7) is 0.877. The maximum atomic E-state index is 14.0. The number of fused-ring (bicyclic) bond motifs is 1. The monoisotopic (exact) mass is 405 g/mol. The molecule has 1 aliphatic heterocycles. The molecule has 28 heavy (non-hydrogen) atoms. The molecule has 2 aromatic carbocycles. The van der Waals surface area contributed by atoms with Crippen molar-refractivity contribution in [2.24, 2.45) is 0 Å². The highest BCUT2D eigenvalue weighted by molar-refractivity contribution is 6.30. The van der Waals surface area contributed by atoms with Gasteiger partial charge >= 0.3 is 0 Å². The van der Waals surface area contributed by atoms with Crippen LogP contribution in [0.4, 0.5) is 13.2 Å². The molecule has 1 aliphatic rings. The van der Waals surface area contributed by atoms with E-state index in [4.69, 9.17) is 11.6 Å². The number of aromatic nitrogens is 2. The van der Waals surface area contributed by atoms with E-state index in [0.29, 0.717) is 47.2 Å². The van der Waals surface area contributed by atoms with Crippen molar-refractivity contribution in [2.45, 2.75) is 19.5 Å². The van der Waals surface area contributed by atoms with Crippen LogP contribution in [0.1, 0.15) is 16.8 Å². The average molecular weight is 406 g/mol. The lowest BCUT2D eigenvalue weighted by Crippen LogP contribution is -2.35.